The zero-order valence-corrected chi connectivity index (χ0v) is 12.0. The van der Waals surface area contributed by atoms with Crippen molar-refractivity contribution in [2.45, 2.75) is 12.6 Å². The molecule has 0 saturated carbocycles. The molecule has 2 aromatic rings. The van der Waals surface area contributed by atoms with E-state index >= 15 is 0 Å². The van der Waals surface area contributed by atoms with Crippen molar-refractivity contribution in [2.75, 3.05) is 20.3 Å². The van der Waals surface area contributed by atoms with Crippen molar-refractivity contribution < 1.29 is 14.6 Å². The third-order valence-corrected chi connectivity index (χ3v) is 3.18. The quantitative estimate of drug-likeness (QED) is 0.806. The maximum atomic E-state index is 12.3. The van der Waals surface area contributed by atoms with Gasteiger partial charge in [0.05, 0.1) is 19.3 Å². The molecule has 1 unspecified atom stereocenters. The third-order valence-electron chi connectivity index (χ3n) is 3.18. The number of aliphatic hydroxyl groups excluding tert-OH is 1. The number of aromatic nitrogens is 1. The molecule has 5 nitrogen and oxygen atoms in total. The number of amides is 1. The molecule has 0 aliphatic carbocycles. The van der Waals surface area contributed by atoms with Crippen LogP contribution in [0.15, 0.2) is 48.7 Å². The minimum absolute atomic E-state index is 0.154. The zero-order chi connectivity index (χ0) is 15.1. The van der Waals surface area contributed by atoms with Crippen LogP contribution < -0.4 is 5.32 Å². The van der Waals surface area contributed by atoms with Gasteiger partial charge in [-0.25, -0.2) is 0 Å². The second-order valence-corrected chi connectivity index (χ2v) is 4.82. The van der Waals surface area contributed by atoms with Gasteiger partial charge in [0.2, 0.25) is 0 Å². The Hall–Kier alpha value is -2.11. The number of aliphatic hydroxyl groups is 1. The molecule has 0 radical (unpaired) electrons. The first kappa shape index (κ1) is 15.3. The Labute approximate surface area is 124 Å². The van der Waals surface area contributed by atoms with E-state index in [-0.39, 0.29) is 19.1 Å². The van der Waals surface area contributed by atoms with E-state index in [0.717, 1.165) is 5.56 Å². The van der Waals surface area contributed by atoms with E-state index in [2.05, 4.69) is 5.32 Å². The van der Waals surface area contributed by atoms with Crippen molar-refractivity contribution in [1.82, 2.24) is 9.88 Å². The van der Waals surface area contributed by atoms with Crippen LogP contribution in [-0.2, 0) is 11.3 Å². The minimum atomic E-state index is -0.400. The van der Waals surface area contributed by atoms with Crippen LogP contribution in [0.4, 0.5) is 0 Å². The number of hydrogen-bond acceptors (Lipinski definition) is 3. The van der Waals surface area contributed by atoms with Crippen molar-refractivity contribution in [3.8, 4) is 0 Å². The topological polar surface area (TPSA) is 63.5 Å². The summed E-state index contributed by atoms with van der Waals surface area (Å²) < 4.78 is 6.84. The fraction of sp³-hybridized carbons (Fsp3) is 0.312. The molecule has 1 aromatic heterocycles. The molecule has 2 N–H and O–H groups in total. The average molecular weight is 288 g/mol. The first-order valence-electron chi connectivity index (χ1n) is 6.84. The van der Waals surface area contributed by atoms with Gasteiger partial charge in [0.1, 0.15) is 5.69 Å². The summed E-state index contributed by atoms with van der Waals surface area (Å²) in [5, 5.41) is 12.0. The first-order chi connectivity index (χ1) is 10.2. The summed E-state index contributed by atoms with van der Waals surface area (Å²) in [4.78, 5) is 12.3. The molecule has 1 heterocycles. The molecule has 21 heavy (non-hydrogen) atoms. The summed E-state index contributed by atoms with van der Waals surface area (Å²) >= 11 is 0. The van der Waals surface area contributed by atoms with Gasteiger partial charge in [-0.3, -0.25) is 4.79 Å². The Kier molecular flexibility index (Phi) is 5.54. The number of carbonyl (C=O) groups is 1. The molecule has 1 amide bonds. The van der Waals surface area contributed by atoms with Gasteiger partial charge in [-0.15, -0.1) is 0 Å². The number of carbonyl (C=O) groups excluding carboxylic acids is 1. The summed E-state index contributed by atoms with van der Waals surface area (Å²) in [5.41, 5.74) is 1.69. The fourth-order valence-corrected chi connectivity index (χ4v) is 2.14. The predicted molar refractivity (Wildman–Crippen MR) is 80.2 cm³/mol. The zero-order valence-electron chi connectivity index (χ0n) is 12.0. The van der Waals surface area contributed by atoms with E-state index in [1.54, 1.807) is 6.07 Å². The van der Waals surface area contributed by atoms with Crippen molar-refractivity contribution in [3.63, 3.8) is 0 Å². The Morgan fingerprint density at radius 2 is 2.05 bits per heavy atom. The molecular weight excluding hydrogens is 268 g/mol. The number of nitrogens with one attached hydrogen (secondary N) is 1. The molecule has 1 atom stereocenters. The Morgan fingerprint density at radius 3 is 2.71 bits per heavy atom. The molecule has 0 bridgehead atoms. The van der Waals surface area contributed by atoms with Crippen LogP contribution in [0.1, 0.15) is 16.1 Å². The number of hydrogen-bond donors (Lipinski definition) is 2. The van der Waals surface area contributed by atoms with Gasteiger partial charge in [-0.2, -0.15) is 0 Å². The van der Waals surface area contributed by atoms with Crippen LogP contribution in [0.25, 0.3) is 0 Å². The average Bonchev–Trinajstić information content (AvgIpc) is 2.96. The van der Waals surface area contributed by atoms with E-state index in [0.29, 0.717) is 12.2 Å². The van der Waals surface area contributed by atoms with Crippen molar-refractivity contribution in [3.05, 3.63) is 59.9 Å². The number of benzene rings is 1. The van der Waals surface area contributed by atoms with E-state index in [1.807, 2.05) is 47.2 Å². The highest BCUT2D eigenvalue weighted by Crippen LogP contribution is 2.08. The van der Waals surface area contributed by atoms with Crippen LogP contribution in [0.2, 0.25) is 0 Å². The molecule has 112 valence electrons. The maximum Gasteiger partial charge on any atom is 0.268 e. The van der Waals surface area contributed by atoms with Gasteiger partial charge < -0.3 is 19.7 Å². The van der Waals surface area contributed by atoms with Gasteiger partial charge in [-0.05, 0) is 17.7 Å². The number of methoxy groups -OCH3 is 1. The van der Waals surface area contributed by atoms with E-state index in [9.17, 15) is 9.90 Å². The number of ether oxygens (including phenoxy) is 1. The molecule has 0 spiro atoms. The first-order valence-corrected chi connectivity index (χ1v) is 6.84. The summed E-state index contributed by atoms with van der Waals surface area (Å²) in [6.45, 7) is 0.755. The summed E-state index contributed by atoms with van der Waals surface area (Å²) in [7, 11) is 1.53. The summed E-state index contributed by atoms with van der Waals surface area (Å²) in [6, 6.07) is 13.1. The lowest BCUT2D eigenvalue weighted by Gasteiger charge is -2.16. The van der Waals surface area contributed by atoms with E-state index < -0.39 is 6.04 Å². The van der Waals surface area contributed by atoms with Crippen LogP contribution in [0, 0.1) is 0 Å². The van der Waals surface area contributed by atoms with E-state index in [1.165, 1.54) is 7.11 Å². The SMILES string of the molecule is COCC(CO)NC(=O)c1cccn1Cc1ccccc1. The summed E-state index contributed by atoms with van der Waals surface area (Å²) in [6.07, 6.45) is 1.87. The van der Waals surface area contributed by atoms with Gasteiger partial charge in [0.15, 0.2) is 0 Å². The second kappa shape index (κ2) is 7.61. The lowest BCUT2D eigenvalue weighted by molar-refractivity contribution is 0.0831. The molecule has 0 aliphatic rings. The monoisotopic (exact) mass is 288 g/mol. The van der Waals surface area contributed by atoms with Crippen LogP contribution in [0.3, 0.4) is 0 Å². The number of rotatable bonds is 7. The van der Waals surface area contributed by atoms with Crippen LogP contribution in [0.5, 0.6) is 0 Å². The van der Waals surface area contributed by atoms with Gasteiger partial charge in [0.25, 0.3) is 5.91 Å². The standard InChI is InChI=1S/C16H20N2O3/c1-21-12-14(11-19)17-16(20)15-8-5-9-18(15)10-13-6-3-2-4-7-13/h2-9,14,19H,10-12H2,1H3,(H,17,20). The molecule has 0 fully saturated rings. The van der Waals surface area contributed by atoms with Crippen molar-refractivity contribution in [2.24, 2.45) is 0 Å². The van der Waals surface area contributed by atoms with E-state index in [4.69, 9.17) is 4.74 Å². The Bertz CT molecular complexity index is 566. The van der Waals surface area contributed by atoms with Crippen LogP contribution >= 0.6 is 0 Å². The number of nitrogens with zero attached hydrogens (tertiary/aromatic N) is 1. The van der Waals surface area contributed by atoms with Gasteiger partial charge in [0, 0.05) is 19.9 Å². The minimum Gasteiger partial charge on any atom is -0.394 e. The highest BCUT2D eigenvalue weighted by Gasteiger charge is 2.15. The fourth-order valence-electron chi connectivity index (χ4n) is 2.14. The maximum absolute atomic E-state index is 12.3. The molecule has 0 aliphatic heterocycles. The molecule has 2 rings (SSSR count). The lowest BCUT2D eigenvalue weighted by atomic mass is 10.2. The van der Waals surface area contributed by atoms with Crippen molar-refractivity contribution >= 4 is 5.91 Å². The highest BCUT2D eigenvalue weighted by atomic mass is 16.5. The predicted octanol–water partition coefficient (Wildman–Crippen LogP) is 1.27. The third kappa shape index (κ3) is 4.18. The Morgan fingerprint density at radius 1 is 1.29 bits per heavy atom. The summed E-state index contributed by atoms with van der Waals surface area (Å²) in [5.74, 6) is -0.216. The second-order valence-electron chi connectivity index (χ2n) is 4.82. The highest BCUT2D eigenvalue weighted by molar-refractivity contribution is 5.93. The largest absolute Gasteiger partial charge is 0.394 e. The molecule has 5 heteroatoms. The molecular formula is C16H20N2O3. The van der Waals surface area contributed by atoms with Gasteiger partial charge in [-0.1, -0.05) is 30.3 Å². The Balaban J connectivity index is 2.07. The molecule has 1 aromatic carbocycles. The van der Waals surface area contributed by atoms with Gasteiger partial charge >= 0.3 is 0 Å². The molecule has 0 saturated heterocycles. The van der Waals surface area contributed by atoms with Crippen molar-refractivity contribution in [1.29, 1.82) is 0 Å². The normalized spacial score (nSPS) is 12.1. The van der Waals surface area contributed by atoms with Crippen LogP contribution in [-0.4, -0.2) is 41.9 Å². The lowest BCUT2D eigenvalue weighted by Crippen LogP contribution is -2.41. The smallest absolute Gasteiger partial charge is 0.268 e.